The van der Waals surface area contributed by atoms with E-state index in [-0.39, 0.29) is 0 Å². The monoisotopic (exact) mass is 221 g/mol. The first-order valence-electron chi connectivity index (χ1n) is 5.24. The fourth-order valence-corrected chi connectivity index (χ4v) is 2.07. The fourth-order valence-electron chi connectivity index (χ4n) is 2.07. The molecule has 0 spiro atoms. The van der Waals surface area contributed by atoms with Crippen molar-refractivity contribution in [1.82, 2.24) is 24.6 Å². The van der Waals surface area contributed by atoms with E-state index in [1.165, 1.54) is 0 Å². The Morgan fingerprint density at radius 3 is 2.88 bits per heavy atom. The highest BCUT2D eigenvalue weighted by Gasteiger charge is 2.09. The van der Waals surface area contributed by atoms with Crippen molar-refractivity contribution in [2.75, 3.05) is 0 Å². The maximum atomic E-state index is 4.51. The van der Waals surface area contributed by atoms with Crippen molar-refractivity contribution >= 4 is 27.3 Å². The third-order valence-electron chi connectivity index (χ3n) is 2.86. The zero-order valence-corrected chi connectivity index (χ0v) is 8.78. The zero-order chi connectivity index (χ0) is 11.2. The van der Waals surface area contributed by atoms with Crippen LogP contribution in [0.4, 0.5) is 0 Å². The molecular formula is C12H7N5. The van der Waals surface area contributed by atoms with Crippen molar-refractivity contribution in [1.29, 1.82) is 0 Å². The SMILES string of the molecule is c1cc2c(cn1)cnc1c2nn2cnccc12. The van der Waals surface area contributed by atoms with Gasteiger partial charge >= 0.3 is 0 Å². The number of nitrogens with zero attached hydrogens (tertiary/aromatic N) is 5. The Bertz CT molecular complexity index is 849. The molecule has 4 aromatic heterocycles. The van der Waals surface area contributed by atoms with E-state index in [1.54, 1.807) is 29.4 Å². The number of hydrogen-bond donors (Lipinski definition) is 0. The van der Waals surface area contributed by atoms with E-state index in [0.29, 0.717) is 0 Å². The van der Waals surface area contributed by atoms with Crippen LogP contribution in [-0.2, 0) is 0 Å². The van der Waals surface area contributed by atoms with Crippen LogP contribution in [0.2, 0.25) is 0 Å². The average Bonchev–Trinajstić information content (AvgIpc) is 2.78. The van der Waals surface area contributed by atoms with Crippen LogP contribution in [0.25, 0.3) is 27.3 Å². The topological polar surface area (TPSA) is 56.0 Å². The Kier molecular flexibility index (Phi) is 1.50. The minimum Gasteiger partial charge on any atom is -0.264 e. The van der Waals surface area contributed by atoms with Crippen LogP contribution in [0.5, 0.6) is 0 Å². The number of aromatic nitrogens is 5. The van der Waals surface area contributed by atoms with E-state index in [9.17, 15) is 0 Å². The smallest absolute Gasteiger partial charge is 0.120 e. The van der Waals surface area contributed by atoms with E-state index in [0.717, 1.165) is 27.3 Å². The van der Waals surface area contributed by atoms with Crippen LogP contribution in [0.3, 0.4) is 0 Å². The molecule has 4 rings (SSSR count). The molecule has 0 atom stereocenters. The summed E-state index contributed by atoms with van der Waals surface area (Å²) in [6, 6.07) is 3.87. The first-order valence-corrected chi connectivity index (χ1v) is 5.24. The standard InChI is InChI=1S/C12H7N5/c1-3-13-5-8-6-15-12-10-2-4-14-7-17(10)16-11(12)9(1)8/h1-7H. The largest absolute Gasteiger partial charge is 0.264 e. The van der Waals surface area contributed by atoms with E-state index in [4.69, 9.17) is 0 Å². The van der Waals surface area contributed by atoms with Gasteiger partial charge in [-0.25, -0.2) is 9.50 Å². The third-order valence-corrected chi connectivity index (χ3v) is 2.86. The van der Waals surface area contributed by atoms with Gasteiger partial charge in [0.2, 0.25) is 0 Å². The molecule has 0 aromatic carbocycles. The van der Waals surface area contributed by atoms with E-state index < -0.39 is 0 Å². The minimum absolute atomic E-state index is 0.887. The summed E-state index contributed by atoms with van der Waals surface area (Å²) < 4.78 is 1.75. The van der Waals surface area contributed by atoms with Gasteiger partial charge in [-0.3, -0.25) is 9.97 Å². The average molecular weight is 221 g/mol. The van der Waals surface area contributed by atoms with Gasteiger partial charge in [0.15, 0.2) is 0 Å². The number of rotatable bonds is 0. The second kappa shape index (κ2) is 2.98. The lowest BCUT2D eigenvalue weighted by Crippen LogP contribution is -1.85. The van der Waals surface area contributed by atoms with Crippen molar-refractivity contribution in [3.8, 4) is 0 Å². The van der Waals surface area contributed by atoms with Gasteiger partial charge in [0, 0.05) is 35.6 Å². The van der Waals surface area contributed by atoms with Gasteiger partial charge in [0.25, 0.3) is 0 Å². The number of hydrogen-bond acceptors (Lipinski definition) is 4. The zero-order valence-electron chi connectivity index (χ0n) is 8.78. The van der Waals surface area contributed by atoms with Crippen LogP contribution in [0, 0.1) is 0 Å². The molecular weight excluding hydrogens is 214 g/mol. The quantitative estimate of drug-likeness (QED) is 0.454. The summed E-state index contributed by atoms with van der Waals surface area (Å²) in [6.45, 7) is 0. The lowest BCUT2D eigenvalue weighted by molar-refractivity contribution is 0.939. The van der Waals surface area contributed by atoms with Gasteiger partial charge < -0.3 is 0 Å². The summed E-state index contributed by atoms with van der Waals surface area (Å²) in [5, 5.41) is 6.57. The van der Waals surface area contributed by atoms with Crippen molar-refractivity contribution in [3.63, 3.8) is 0 Å². The molecule has 0 saturated heterocycles. The number of pyridine rings is 2. The highest BCUT2D eigenvalue weighted by atomic mass is 15.2. The highest BCUT2D eigenvalue weighted by Crippen LogP contribution is 2.24. The Morgan fingerprint density at radius 2 is 1.88 bits per heavy atom. The summed E-state index contributed by atoms with van der Waals surface area (Å²) in [4.78, 5) is 12.6. The second-order valence-corrected chi connectivity index (χ2v) is 3.83. The molecule has 0 bridgehead atoms. The van der Waals surface area contributed by atoms with Crippen LogP contribution in [-0.4, -0.2) is 24.6 Å². The van der Waals surface area contributed by atoms with Gasteiger partial charge in [0.1, 0.15) is 17.4 Å². The first-order chi connectivity index (χ1) is 8.43. The molecule has 0 N–H and O–H groups in total. The normalized spacial score (nSPS) is 11.5. The maximum absolute atomic E-state index is 4.51. The van der Waals surface area contributed by atoms with Gasteiger partial charge in [-0.05, 0) is 12.1 Å². The van der Waals surface area contributed by atoms with Gasteiger partial charge in [0.05, 0.1) is 5.52 Å². The summed E-state index contributed by atoms with van der Waals surface area (Å²) in [5.41, 5.74) is 2.75. The molecule has 5 nitrogen and oxygen atoms in total. The summed E-state index contributed by atoms with van der Waals surface area (Å²) in [5.74, 6) is 0. The van der Waals surface area contributed by atoms with Crippen molar-refractivity contribution in [2.24, 2.45) is 0 Å². The first kappa shape index (κ1) is 8.58. The van der Waals surface area contributed by atoms with Crippen LogP contribution < -0.4 is 0 Å². The van der Waals surface area contributed by atoms with Crippen molar-refractivity contribution in [2.45, 2.75) is 0 Å². The summed E-state index contributed by atoms with van der Waals surface area (Å²) in [7, 11) is 0. The summed E-state index contributed by atoms with van der Waals surface area (Å²) >= 11 is 0. The molecule has 0 unspecified atom stereocenters. The molecule has 0 aliphatic heterocycles. The molecule has 80 valence electrons. The fraction of sp³-hybridized carbons (Fsp3) is 0. The van der Waals surface area contributed by atoms with Crippen molar-refractivity contribution in [3.05, 3.63) is 43.2 Å². The molecule has 0 aliphatic rings. The lowest BCUT2D eigenvalue weighted by Gasteiger charge is -1.95. The van der Waals surface area contributed by atoms with E-state index in [2.05, 4.69) is 20.1 Å². The van der Waals surface area contributed by atoms with Crippen LogP contribution >= 0.6 is 0 Å². The predicted molar refractivity (Wildman–Crippen MR) is 63.6 cm³/mol. The molecule has 4 aromatic rings. The van der Waals surface area contributed by atoms with E-state index >= 15 is 0 Å². The number of fused-ring (bicyclic) bond motifs is 5. The molecule has 0 aliphatic carbocycles. The predicted octanol–water partition coefficient (Wildman–Crippen LogP) is 1.83. The second-order valence-electron chi connectivity index (χ2n) is 3.83. The molecule has 5 heteroatoms. The molecule has 0 amide bonds. The highest BCUT2D eigenvalue weighted by molar-refractivity contribution is 6.07. The Morgan fingerprint density at radius 1 is 0.941 bits per heavy atom. The lowest BCUT2D eigenvalue weighted by atomic mass is 10.2. The Hall–Kier alpha value is -2.56. The van der Waals surface area contributed by atoms with Crippen molar-refractivity contribution < 1.29 is 0 Å². The Labute approximate surface area is 95.8 Å². The van der Waals surface area contributed by atoms with E-state index in [1.807, 2.05) is 18.3 Å². The Balaban J connectivity index is 2.34. The molecule has 0 fully saturated rings. The molecule has 4 heterocycles. The summed E-state index contributed by atoms with van der Waals surface area (Å²) in [6.07, 6.45) is 8.82. The molecule has 0 saturated carbocycles. The van der Waals surface area contributed by atoms with Crippen LogP contribution in [0.1, 0.15) is 0 Å². The molecule has 17 heavy (non-hydrogen) atoms. The third kappa shape index (κ3) is 1.08. The maximum Gasteiger partial charge on any atom is 0.120 e. The van der Waals surface area contributed by atoms with Gasteiger partial charge in [-0.1, -0.05) is 0 Å². The van der Waals surface area contributed by atoms with Gasteiger partial charge in [-0.15, -0.1) is 0 Å². The van der Waals surface area contributed by atoms with Gasteiger partial charge in [-0.2, -0.15) is 5.10 Å². The molecule has 0 radical (unpaired) electrons. The van der Waals surface area contributed by atoms with Crippen LogP contribution in [0.15, 0.2) is 43.2 Å². The minimum atomic E-state index is 0.887.